The quantitative estimate of drug-likeness (QED) is 0.906. The van der Waals surface area contributed by atoms with Gasteiger partial charge in [0.2, 0.25) is 0 Å². The summed E-state index contributed by atoms with van der Waals surface area (Å²) in [6.45, 7) is 6.29. The standard InChI is InChI=1S/C14H24N2OS/c1-3-5-12-6-4-8-16(9-7-12)14-15-13(10-18-14)11(2)17/h10-12,17H,3-9H2,1-2H3. The predicted octanol–water partition coefficient (Wildman–Crippen LogP) is 3.60. The number of hydrogen-bond acceptors (Lipinski definition) is 4. The van der Waals surface area contributed by atoms with Crippen molar-refractivity contribution in [2.75, 3.05) is 18.0 Å². The molecule has 0 spiro atoms. The van der Waals surface area contributed by atoms with Crippen molar-refractivity contribution in [3.8, 4) is 0 Å². The molecule has 1 fully saturated rings. The first kappa shape index (κ1) is 13.8. The first-order valence-corrected chi connectivity index (χ1v) is 7.97. The Morgan fingerprint density at radius 2 is 2.33 bits per heavy atom. The summed E-state index contributed by atoms with van der Waals surface area (Å²) in [6.07, 6.45) is 6.14. The molecule has 2 heterocycles. The van der Waals surface area contributed by atoms with Crippen LogP contribution in [0.15, 0.2) is 5.38 Å². The van der Waals surface area contributed by atoms with Gasteiger partial charge in [0.25, 0.3) is 0 Å². The van der Waals surface area contributed by atoms with Gasteiger partial charge in [0, 0.05) is 18.5 Å². The maximum Gasteiger partial charge on any atom is 0.185 e. The Labute approximate surface area is 114 Å². The van der Waals surface area contributed by atoms with Crippen LogP contribution in [0, 0.1) is 5.92 Å². The zero-order chi connectivity index (χ0) is 13.0. The highest BCUT2D eigenvalue weighted by molar-refractivity contribution is 7.13. The van der Waals surface area contributed by atoms with E-state index < -0.39 is 6.10 Å². The first-order chi connectivity index (χ1) is 8.70. The Bertz CT molecular complexity index is 364. The fourth-order valence-corrected chi connectivity index (χ4v) is 3.63. The van der Waals surface area contributed by atoms with Crippen LogP contribution in [0.2, 0.25) is 0 Å². The Balaban J connectivity index is 1.96. The SMILES string of the molecule is CCCC1CCCN(c2nc(C(C)O)cs2)CC1. The average Bonchev–Trinajstić information content (AvgIpc) is 2.72. The van der Waals surface area contributed by atoms with E-state index in [-0.39, 0.29) is 0 Å². The van der Waals surface area contributed by atoms with Crippen LogP contribution >= 0.6 is 11.3 Å². The normalized spacial score (nSPS) is 22.8. The predicted molar refractivity (Wildman–Crippen MR) is 77.2 cm³/mol. The number of thiazole rings is 1. The molecule has 1 N–H and O–H groups in total. The van der Waals surface area contributed by atoms with Gasteiger partial charge in [0.05, 0.1) is 11.8 Å². The highest BCUT2D eigenvalue weighted by Gasteiger charge is 2.19. The second kappa shape index (κ2) is 6.53. The van der Waals surface area contributed by atoms with E-state index >= 15 is 0 Å². The van der Waals surface area contributed by atoms with Crippen LogP contribution in [0.5, 0.6) is 0 Å². The third-order valence-corrected chi connectivity index (χ3v) is 4.67. The number of nitrogens with zero attached hydrogens (tertiary/aromatic N) is 2. The van der Waals surface area contributed by atoms with Crippen LogP contribution in [-0.2, 0) is 0 Å². The fourth-order valence-electron chi connectivity index (χ4n) is 2.67. The van der Waals surface area contributed by atoms with Crippen molar-refractivity contribution in [2.45, 2.75) is 52.1 Å². The van der Waals surface area contributed by atoms with Gasteiger partial charge in [0.1, 0.15) is 0 Å². The molecule has 2 unspecified atom stereocenters. The highest BCUT2D eigenvalue weighted by atomic mass is 32.1. The molecule has 0 saturated carbocycles. The van der Waals surface area contributed by atoms with Crippen molar-refractivity contribution < 1.29 is 5.11 Å². The lowest BCUT2D eigenvalue weighted by atomic mass is 9.96. The van der Waals surface area contributed by atoms with Crippen molar-refractivity contribution in [3.05, 3.63) is 11.1 Å². The summed E-state index contributed by atoms with van der Waals surface area (Å²) in [6, 6.07) is 0. The van der Waals surface area contributed by atoms with E-state index in [9.17, 15) is 5.11 Å². The number of aliphatic hydroxyl groups excluding tert-OH is 1. The molecule has 2 rings (SSSR count). The van der Waals surface area contributed by atoms with Crippen molar-refractivity contribution in [3.63, 3.8) is 0 Å². The lowest BCUT2D eigenvalue weighted by Crippen LogP contribution is -2.24. The van der Waals surface area contributed by atoms with Gasteiger partial charge >= 0.3 is 0 Å². The molecule has 0 aromatic carbocycles. The summed E-state index contributed by atoms with van der Waals surface area (Å²) in [5.41, 5.74) is 0.810. The summed E-state index contributed by atoms with van der Waals surface area (Å²) in [7, 11) is 0. The van der Waals surface area contributed by atoms with Crippen LogP contribution in [0.25, 0.3) is 0 Å². The van der Waals surface area contributed by atoms with E-state index in [1.54, 1.807) is 18.3 Å². The Hall–Kier alpha value is -0.610. The van der Waals surface area contributed by atoms with Crippen LogP contribution in [0.4, 0.5) is 5.13 Å². The molecule has 1 aromatic heterocycles. The van der Waals surface area contributed by atoms with Crippen LogP contribution in [-0.4, -0.2) is 23.2 Å². The van der Waals surface area contributed by atoms with Crippen molar-refractivity contribution >= 4 is 16.5 Å². The number of aromatic nitrogens is 1. The fraction of sp³-hybridized carbons (Fsp3) is 0.786. The van der Waals surface area contributed by atoms with Crippen LogP contribution in [0.3, 0.4) is 0 Å². The van der Waals surface area contributed by atoms with Gasteiger partial charge in [-0.3, -0.25) is 0 Å². The summed E-state index contributed by atoms with van der Waals surface area (Å²) in [4.78, 5) is 6.94. The second-order valence-corrected chi connectivity index (χ2v) is 6.14. The smallest absolute Gasteiger partial charge is 0.185 e. The van der Waals surface area contributed by atoms with Gasteiger partial charge in [-0.15, -0.1) is 11.3 Å². The second-order valence-electron chi connectivity index (χ2n) is 5.30. The third-order valence-electron chi connectivity index (χ3n) is 3.75. The minimum absolute atomic E-state index is 0.449. The molecular formula is C14H24N2OS. The minimum Gasteiger partial charge on any atom is -0.387 e. The first-order valence-electron chi connectivity index (χ1n) is 7.09. The van der Waals surface area contributed by atoms with Crippen molar-refractivity contribution in [2.24, 2.45) is 5.92 Å². The Morgan fingerprint density at radius 1 is 1.50 bits per heavy atom. The van der Waals surface area contributed by atoms with E-state index in [2.05, 4.69) is 16.8 Å². The van der Waals surface area contributed by atoms with Crippen LogP contribution < -0.4 is 4.90 Å². The van der Waals surface area contributed by atoms with E-state index in [4.69, 9.17) is 0 Å². The number of hydrogen-bond donors (Lipinski definition) is 1. The largest absolute Gasteiger partial charge is 0.387 e. The van der Waals surface area contributed by atoms with Gasteiger partial charge in [0.15, 0.2) is 5.13 Å². The van der Waals surface area contributed by atoms with E-state index in [1.165, 1.54) is 32.1 Å². The van der Waals surface area contributed by atoms with Crippen LogP contribution in [0.1, 0.15) is 57.7 Å². The molecule has 102 valence electrons. The molecule has 2 atom stereocenters. The van der Waals surface area contributed by atoms with Gasteiger partial charge in [-0.05, 0) is 32.1 Å². The summed E-state index contributed by atoms with van der Waals surface area (Å²) in [5, 5.41) is 12.6. The van der Waals surface area contributed by atoms with E-state index in [0.29, 0.717) is 0 Å². The zero-order valence-corrected chi connectivity index (χ0v) is 12.2. The van der Waals surface area contributed by atoms with Gasteiger partial charge in [-0.2, -0.15) is 0 Å². The maximum absolute atomic E-state index is 9.53. The molecule has 0 bridgehead atoms. The van der Waals surface area contributed by atoms with Gasteiger partial charge in [-0.25, -0.2) is 4.98 Å². The third kappa shape index (κ3) is 3.45. The Kier molecular flexibility index (Phi) is 5.01. The molecule has 18 heavy (non-hydrogen) atoms. The maximum atomic E-state index is 9.53. The number of rotatable bonds is 4. The minimum atomic E-state index is -0.449. The van der Waals surface area contributed by atoms with Gasteiger partial charge < -0.3 is 10.0 Å². The summed E-state index contributed by atoms with van der Waals surface area (Å²) >= 11 is 1.66. The van der Waals surface area contributed by atoms with Gasteiger partial charge in [-0.1, -0.05) is 19.8 Å². The number of aliphatic hydroxyl groups is 1. The molecule has 0 radical (unpaired) electrons. The number of anilines is 1. The molecule has 0 amide bonds. The molecule has 1 aliphatic rings. The highest BCUT2D eigenvalue weighted by Crippen LogP contribution is 2.28. The lowest BCUT2D eigenvalue weighted by Gasteiger charge is -2.19. The van der Waals surface area contributed by atoms with E-state index in [0.717, 1.165) is 29.8 Å². The van der Waals surface area contributed by atoms with Crippen molar-refractivity contribution in [1.29, 1.82) is 0 Å². The molecule has 4 heteroatoms. The summed E-state index contributed by atoms with van der Waals surface area (Å²) in [5.74, 6) is 0.899. The zero-order valence-electron chi connectivity index (χ0n) is 11.4. The molecule has 0 aliphatic carbocycles. The molecule has 1 aliphatic heterocycles. The lowest BCUT2D eigenvalue weighted by molar-refractivity contribution is 0.195. The van der Waals surface area contributed by atoms with Crippen molar-refractivity contribution in [1.82, 2.24) is 4.98 Å². The molecule has 3 nitrogen and oxygen atoms in total. The summed E-state index contributed by atoms with van der Waals surface area (Å²) < 4.78 is 0. The average molecular weight is 268 g/mol. The molecule has 1 aromatic rings. The topological polar surface area (TPSA) is 36.4 Å². The molecule has 1 saturated heterocycles. The molecular weight excluding hydrogens is 244 g/mol. The monoisotopic (exact) mass is 268 g/mol. The van der Waals surface area contributed by atoms with E-state index in [1.807, 2.05) is 5.38 Å². The Morgan fingerprint density at radius 3 is 3.00 bits per heavy atom.